The topological polar surface area (TPSA) is 70.1 Å². The Hall–Kier alpha value is -2.30. The Morgan fingerprint density at radius 3 is 2.63 bits per heavy atom. The number of hydrogen-bond donors (Lipinski definition) is 1. The molecule has 0 bridgehead atoms. The standard InChI is InChI=1S/C14H17N3O2/c1-14(2,3)19-13(18)17-9-5-7-11(17)10-6-4-8-12(15)16-10/h4-9H,1-3H3,(H2,15,16). The van der Waals surface area contributed by atoms with Gasteiger partial charge in [-0.2, -0.15) is 0 Å². The van der Waals surface area contributed by atoms with Crippen molar-refractivity contribution in [2.75, 3.05) is 5.73 Å². The van der Waals surface area contributed by atoms with Crippen LogP contribution in [0, 0.1) is 0 Å². The van der Waals surface area contributed by atoms with Crippen molar-refractivity contribution in [3.8, 4) is 11.4 Å². The Morgan fingerprint density at radius 1 is 1.26 bits per heavy atom. The molecule has 0 saturated heterocycles. The molecule has 0 radical (unpaired) electrons. The van der Waals surface area contributed by atoms with Crippen molar-refractivity contribution in [1.29, 1.82) is 0 Å². The summed E-state index contributed by atoms with van der Waals surface area (Å²) in [5, 5.41) is 0. The molecular weight excluding hydrogens is 242 g/mol. The first-order valence-electron chi connectivity index (χ1n) is 6.00. The number of nitrogen functional groups attached to an aromatic ring is 1. The number of anilines is 1. The average Bonchev–Trinajstić information content (AvgIpc) is 2.75. The fraction of sp³-hybridized carbons (Fsp3) is 0.286. The third-order valence-corrected chi connectivity index (χ3v) is 2.37. The van der Waals surface area contributed by atoms with E-state index in [1.165, 1.54) is 4.57 Å². The molecule has 0 aliphatic rings. The summed E-state index contributed by atoms with van der Waals surface area (Å²) in [6.07, 6.45) is 1.21. The summed E-state index contributed by atoms with van der Waals surface area (Å²) < 4.78 is 6.76. The molecule has 0 aromatic carbocycles. The highest BCUT2D eigenvalue weighted by atomic mass is 16.6. The predicted octanol–water partition coefficient (Wildman–Crippen LogP) is 2.92. The monoisotopic (exact) mass is 259 g/mol. The van der Waals surface area contributed by atoms with E-state index in [9.17, 15) is 4.79 Å². The molecule has 0 aliphatic carbocycles. The molecule has 0 spiro atoms. The highest BCUT2D eigenvalue weighted by Gasteiger charge is 2.20. The van der Waals surface area contributed by atoms with E-state index in [1.54, 1.807) is 36.5 Å². The molecule has 5 nitrogen and oxygen atoms in total. The van der Waals surface area contributed by atoms with Crippen molar-refractivity contribution in [2.45, 2.75) is 26.4 Å². The average molecular weight is 259 g/mol. The van der Waals surface area contributed by atoms with Gasteiger partial charge in [-0.05, 0) is 45.0 Å². The smallest absolute Gasteiger partial charge is 0.419 e. The number of nitrogens with two attached hydrogens (primary N) is 1. The Kier molecular flexibility index (Phi) is 3.29. The van der Waals surface area contributed by atoms with Gasteiger partial charge in [0, 0.05) is 6.20 Å². The molecule has 2 rings (SSSR count). The summed E-state index contributed by atoms with van der Waals surface area (Å²) in [6.45, 7) is 5.48. The number of carbonyl (C=O) groups excluding carboxylic acids is 1. The van der Waals surface area contributed by atoms with E-state index in [-0.39, 0.29) is 0 Å². The lowest BCUT2D eigenvalue weighted by Crippen LogP contribution is -2.27. The van der Waals surface area contributed by atoms with E-state index in [2.05, 4.69) is 4.98 Å². The van der Waals surface area contributed by atoms with E-state index >= 15 is 0 Å². The third kappa shape index (κ3) is 3.13. The van der Waals surface area contributed by atoms with Crippen LogP contribution < -0.4 is 5.73 Å². The number of ether oxygens (including phenoxy) is 1. The minimum absolute atomic E-state index is 0.412. The summed E-state index contributed by atoms with van der Waals surface area (Å²) in [4.78, 5) is 16.3. The first-order valence-corrected chi connectivity index (χ1v) is 6.00. The van der Waals surface area contributed by atoms with Gasteiger partial charge in [0.05, 0.1) is 11.4 Å². The molecule has 5 heteroatoms. The summed E-state index contributed by atoms with van der Waals surface area (Å²) in [7, 11) is 0. The molecule has 2 N–H and O–H groups in total. The fourth-order valence-corrected chi connectivity index (χ4v) is 1.65. The number of pyridine rings is 1. The molecule has 2 aromatic rings. The zero-order valence-corrected chi connectivity index (χ0v) is 11.3. The molecule has 0 saturated carbocycles. The van der Waals surface area contributed by atoms with Gasteiger partial charge >= 0.3 is 6.09 Å². The molecule has 100 valence electrons. The van der Waals surface area contributed by atoms with E-state index < -0.39 is 11.7 Å². The first kappa shape index (κ1) is 13.1. The van der Waals surface area contributed by atoms with Gasteiger partial charge in [0.2, 0.25) is 0 Å². The zero-order valence-electron chi connectivity index (χ0n) is 11.3. The maximum Gasteiger partial charge on any atom is 0.419 e. The second kappa shape index (κ2) is 4.76. The fourth-order valence-electron chi connectivity index (χ4n) is 1.65. The van der Waals surface area contributed by atoms with Crippen LogP contribution in [0.5, 0.6) is 0 Å². The highest BCUT2D eigenvalue weighted by molar-refractivity contribution is 5.78. The molecule has 0 unspecified atom stereocenters. The van der Waals surface area contributed by atoms with E-state index in [0.717, 1.165) is 0 Å². The lowest BCUT2D eigenvalue weighted by molar-refractivity contribution is 0.0540. The predicted molar refractivity (Wildman–Crippen MR) is 73.7 cm³/mol. The Labute approximate surface area is 112 Å². The number of nitrogens with zero attached hydrogens (tertiary/aromatic N) is 2. The molecule has 0 amide bonds. The largest absolute Gasteiger partial charge is 0.443 e. The van der Waals surface area contributed by atoms with Crippen LogP contribution in [-0.4, -0.2) is 21.2 Å². The molecule has 0 aliphatic heterocycles. The third-order valence-electron chi connectivity index (χ3n) is 2.37. The van der Waals surface area contributed by atoms with Crippen molar-refractivity contribution in [3.05, 3.63) is 36.5 Å². The Morgan fingerprint density at radius 2 is 2.00 bits per heavy atom. The second-order valence-electron chi connectivity index (χ2n) is 5.19. The normalized spacial score (nSPS) is 11.3. The molecular formula is C14H17N3O2. The maximum atomic E-state index is 12.1. The van der Waals surface area contributed by atoms with Crippen molar-refractivity contribution in [1.82, 2.24) is 9.55 Å². The van der Waals surface area contributed by atoms with Gasteiger partial charge in [0.15, 0.2) is 0 Å². The van der Waals surface area contributed by atoms with E-state index in [0.29, 0.717) is 17.2 Å². The summed E-state index contributed by atoms with van der Waals surface area (Å²) in [5.74, 6) is 0.412. The lowest BCUT2D eigenvalue weighted by atomic mass is 10.2. The second-order valence-corrected chi connectivity index (χ2v) is 5.19. The maximum absolute atomic E-state index is 12.1. The first-order chi connectivity index (χ1) is 8.87. The number of carbonyl (C=O) groups is 1. The van der Waals surface area contributed by atoms with Crippen LogP contribution in [0.3, 0.4) is 0 Å². The van der Waals surface area contributed by atoms with Crippen molar-refractivity contribution in [3.63, 3.8) is 0 Å². The van der Waals surface area contributed by atoms with E-state index in [1.807, 2.05) is 20.8 Å². The lowest BCUT2D eigenvalue weighted by Gasteiger charge is -2.20. The molecule has 2 aromatic heterocycles. The molecule has 0 fully saturated rings. The van der Waals surface area contributed by atoms with Crippen LogP contribution >= 0.6 is 0 Å². The minimum Gasteiger partial charge on any atom is -0.443 e. The number of aromatic nitrogens is 2. The van der Waals surface area contributed by atoms with Gasteiger partial charge in [-0.1, -0.05) is 6.07 Å². The summed E-state index contributed by atoms with van der Waals surface area (Å²) in [6, 6.07) is 8.86. The van der Waals surface area contributed by atoms with Gasteiger partial charge in [-0.15, -0.1) is 0 Å². The SMILES string of the molecule is CC(C)(C)OC(=O)n1cccc1-c1cccc(N)n1. The Bertz CT molecular complexity index is 597. The van der Waals surface area contributed by atoms with Crippen molar-refractivity contribution >= 4 is 11.9 Å². The van der Waals surface area contributed by atoms with Gasteiger partial charge in [0.25, 0.3) is 0 Å². The van der Waals surface area contributed by atoms with E-state index in [4.69, 9.17) is 10.5 Å². The van der Waals surface area contributed by atoms with Crippen LogP contribution in [-0.2, 0) is 4.74 Å². The molecule has 19 heavy (non-hydrogen) atoms. The molecule has 2 heterocycles. The van der Waals surface area contributed by atoms with Crippen LogP contribution in [0.4, 0.5) is 10.6 Å². The van der Waals surface area contributed by atoms with Gasteiger partial charge < -0.3 is 10.5 Å². The quantitative estimate of drug-likeness (QED) is 0.854. The zero-order chi connectivity index (χ0) is 14.0. The van der Waals surface area contributed by atoms with Crippen LogP contribution in [0.1, 0.15) is 20.8 Å². The van der Waals surface area contributed by atoms with Crippen LogP contribution in [0.15, 0.2) is 36.5 Å². The number of hydrogen-bond acceptors (Lipinski definition) is 4. The van der Waals surface area contributed by atoms with Crippen LogP contribution in [0.25, 0.3) is 11.4 Å². The van der Waals surface area contributed by atoms with Gasteiger partial charge in [0.1, 0.15) is 11.4 Å². The molecule has 0 atom stereocenters. The van der Waals surface area contributed by atoms with Crippen molar-refractivity contribution in [2.24, 2.45) is 0 Å². The highest BCUT2D eigenvalue weighted by Crippen LogP contribution is 2.20. The van der Waals surface area contributed by atoms with Crippen molar-refractivity contribution < 1.29 is 9.53 Å². The van der Waals surface area contributed by atoms with Gasteiger partial charge in [-0.25, -0.2) is 9.78 Å². The van der Waals surface area contributed by atoms with Gasteiger partial charge in [-0.3, -0.25) is 4.57 Å². The number of rotatable bonds is 1. The Balaban J connectivity index is 2.35. The minimum atomic E-state index is -0.540. The summed E-state index contributed by atoms with van der Waals surface area (Å²) >= 11 is 0. The van der Waals surface area contributed by atoms with Crippen LogP contribution in [0.2, 0.25) is 0 Å². The summed E-state index contributed by atoms with van der Waals surface area (Å²) in [5.41, 5.74) is 6.41.